The van der Waals surface area contributed by atoms with E-state index in [-0.39, 0.29) is 0 Å². The first-order valence-corrected chi connectivity index (χ1v) is 6.62. The van der Waals surface area contributed by atoms with E-state index < -0.39 is 0 Å². The Kier molecular flexibility index (Phi) is 4.36. The lowest BCUT2D eigenvalue weighted by Gasteiger charge is -2.04. The van der Waals surface area contributed by atoms with Gasteiger partial charge in [-0.2, -0.15) is 0 Å². The molecule has 0 aliphatic heterocycles. The minimum atomic E-state index is 0.465. The molecule has 1 aromatic carbocycles. The second kappa shape index (κ2) is 6.21. The number of aldehydes is 1. The van der Waals surface area contributed by atoms with Gasteiger partial charge in [-0.15, -0.1) is 6.58 Å². The van der Waals surface area contributed by atoms with Gasteiger partial charge in [-0.3, -0.25) is 4.79 Å². The van der Waals surface area contributed by atoms with Gasteiger partial charge in [0.1, 0.15) is 5.69 Å². The van der Waals surface area contributed by atoms with E-state index in [0.29, 0.717) is 12.2 Å². The molecule has 3 nitrogen and oxygen atoms in total. The summed E-state index contributed by atoms with van der Waals surface area (Å²) < 4.78 is 1.93. The predicted octanol–water partition coefficient (Wildman–Crippen LogP) is 3.17. The standard InChI is InChI=1S/C14H14N2OS/c1-2-8-16-9-13(10-17)15-14(16)18-11-12-6-4-3-5-7-12/h2-7,9-10H,1,8,11H2. The molecule has 0 atom stereocenters. The van der Waals surface area contributed by atoms with Crippen molar-refractivity contribution in [3.8, 4) is 0 Å². The van der Waals surface area contributed by atoms with E-state index >= 15 is 0 Å². The van der Waals surface area contributed by atoms with Gasteiger partial charge in [0.15, 0.2) is 11.4 Å². The van der Waals surface area contributed by atoms with E-state index in [2.05, 4.69) is 23.7 Å². The maximum Gasteiger partial charge on any atom is 0.170 e. The predicted molar refractivity (Wildman–Crippen MR) is 73.8 cm³/mol. The Balaban J connectivity index is 2.10. The fourth-order valence-corrected chi connectivity index (χ4v) is 2.53. The number of carbonyl (C=O) groups excluding carboxylic acids is 1. The summed E-state index contributed by atoms with van der Waals surface area (Å²) in [7, 11) is 0. The van der Waals surface area contributed by atoms with Gasteiger partial charge in [0.05, 0.1) is 0 Å². The van der Waals surface area contributed by atoms with E-state index in [1.165, 1.54) is 5.56 Å². The molecule has 4 heteroatoms. The topological polar surface area (TPSA) is 34.9 Å². The summed E-state index contributed by atoms with van der Waals surface area (Å²) in [6, 6.07) is 10.2. The van der Waals surface area contributed by atoms with Gasteiger partial charge in [-0.1, -0.05) is 48.2 Å². The SMILES string of the molecule is C=CCn1cc(C=O)nc1SCc1ccccc1. The number of hydrogen-bond donors (Lipinski definition) is 0. The van der Waals surface area contributed by atoms with Crippen molar-refractivity contribution in [2.75, 3.05) is 0 Å². The number of aromatic nitrogens is 2. The molecule has 0 spiro atoms. The van der Waals surface area contributed by atoms with Crippen LogP contribution in [0.1, 0.15) is 16.1 Å². The summed E-state index contributed by atoms with van der Waals surface area (Å²) >= 11 is 1.62. The largest absolute Gasteiger partial charge is 0.321 e. The summed E-state index contributed by atoms with van der Waals surface area (Å²) in [4.78, 5) is 15.0. The summed E-state index contributed by atoms with van der Waals surface area (Å²) in [5.74, 6) is 0.841. The third-order valence-corrected chi connectivity index (χ3v) is 3.48. The summed E-state index contributed by atoms with van der Waals surface area (Å²) in [6.45, 7) is 4.37. The Hall–Kier alpha value is -1.81. The lowest BCUT2D eigenvalue weighted by molar-refractivity contribution is 0.111. The molecule has 0 saturated carbocycles. The van der Waals surface area contributed by atoms with Crippen molar-refractivity contribution in [1.82, 2.24) is 9.55 Å². The highest BCUT2D eigenvalue weighted by atomic mass is 32.2. The molecular formula is C14H14N2OS. The van der Waals surface area contributed by atoms with Crippen LogP contribution in [0.5, 0.6) is 0 Å². The van der Waals surface area contributed by atoms with Crippen LogP contribution >= 0.6 is 11.8 Å². The smallest absolute Gasteiger partial charge is 0.170 e. The second-order valence-corrected chi connectivity index (χ2v) is 4.72. The zero-order valence-electron chi connectivity index (χ0n) is 9.95. The van der Waals surface area contributed by atoms with Crippen molar-refractivity contribution >= 4 is 18.0 Å². The van der Waals surface area contributed by atoms with Gasteiger partial charge in [0.25, 0.3) is 0 Å². The number of thioether (sulfide) groups is 1. The van der Waals surface area contributed by atoms with Crippen LogP contribution in [-0.4, -0.2) is 15.8 Å². The van der Waals surface area contributed by atoms with E-state index in [9.17, 15) is 4.79 Å². The number of benzene rings is 1. The fourth-order valence-electron chi connectivity index (χ4n) is 1.58. The lowest BCUT2D eigenvalue weighted by Crippen LogP contribution is -1.95. The minimum absolute atomic E-state index is 0.465. The molecule has 92 valence electrons. The van der Waals surface area contributed by atoms with Crippen LogP contribution < -0.4 is 0 Å². The molecule has 1 aromatic heterocycles. The minimum Gasteiger partial charge on any atom is -0.321 e. The number of carbonyl (C=O) groups is 1. The molecule has 2 aromatic rings. The van der Waals surface area contributed by atoms with Gasteiger partial charge in [-0.05, 0) is 5.56 Å². The Bertz CT molecular complexity index is 534. The Morgan fingerprint density at radius 2 is 2.11 bits per heavy atom. The number of imidazole rings is 1. The molecule has 0 unspecified atom stereocenters. The van der Waals surface area contributed by atoms with Gasteiger partial charge >= 0.3 is 0 Å². The van der Waals surface area contributed by atoms with Gasteiger partial charge < -0.3 is 4.57 Å². The van der Waals surface area contributed by atoms with E-state index in [1.54, 1.807) is 24.0 Å². The van der Waals surface area contributed by atoms with E-state index in [0.717, 1.165) is 17.2 Å². The van der Waals surface area contributed by atoms with Crippen molar-refractivity contribution in [2.45, 2.75) is 17.5 Å². The molecule has 0 N–H and O–H groups in total. The second-order valence-electron chi connectivity index (χ2n) is 3.78. The lowest BCUT2D eigenvalue weighted by atomic mass is 10.2. The maximum atomic E-state index is 10.7. The normalized spacial score (nSPS) is 10.2. The average Bonchev–Trinajstić information content (AvgIpc) is 2.81. The first kappa shape index (κ1) is 12.6. The third-order valence-electron chi connectivity index (χ3n) is 2.42. The van der Waals surface area contributed by atoms with Crippen LogP contribution in [0.2, 0.25) is 0 Å². The van der Waals surface area contributed by atoms with Crippen molar-refractivity contribution in [2.24, 2.45) is 0 Å². The number of rotatable bonds is 6. The molecule has 0 aliphatic rings. The highest BCUT2D eigenvalue weighted by Gasteiger charge is 2.07. The first-order chi connectivity index (χ1) is 8.83. The molecule has 2 rings (SSSR count). The molecule has 0 bridgehead atoms. The molecular weight excluding hydrogens is 244 g/mol. The zero-order valence-corrected chi connectivity index (χ0v) is 10.8. The van der Waals surface area contributed by atoms with Gasteiger partial charge in [0.2, 0.25) is 0 Å². The number of hydrogen-bond acceptors (Lipinski definition) is 3. The third kappa shape index (κ3) is 3.11. The summed E-state index contributed by atoms with van der Waals surface area (Å²) in [5.41, 5.74) is 1.70. The molecule has 18 heavy (non-hydrogen) atoms. The van der Waals surface area contributed by atoms with Gasteiger partial charge in [-0.25, -0.2) is 4.98 Å². The highest BCUT2D eigenvalue weighted by molar-refractivity contribution is 7.98. The van der Waals surface area contributed by atoms with Crippen LogP contribution in [0.25, 0.3) is 0 Å². The average molecular weight is 258 g/mol. The van der Waals surface area contributed by atoms with E-state index in [1.807, 2.05) is 22.8 Å². The molecule has 0 saturated heterocycles. The van der Waals surface area contributed by atoms with Crippen LogP contribution in [0.4, 0.5) is 0 Å². The molecule has 0 aliphatic carbocycles. The molecule has 0 radical (unpaired) electrons. The molecule has 1 heterocycles. The van der Waals surface area contributed by atoms with Crippen molar-refractivity contribution in [3.05, 3.63) is 60.4 Å². The first-order valence-electron chi connectivity index (χ1n) is 5.63. The van der Waals surface area contributed by atoms with E-state index in [4.69, 9.17) is 0 Å². The van der Waals surface area contributed by atoms with Crippen LogP contribution in [0.15, 0.2) is 54.3 Å². The van der Waals surface area contributed by atoms with Crippen LogP contribution in [0, 0.1) is 0 Å². The van der Waals surface area contributed by atoms with Crippen molar-refractivity contribution < 1.29 is 4.79 Å². The molecule has 0 fully saturated rings. The van der Waals surface area contributed by atoms with Gasteiger partial charge in [0, 0.05) is 18.5 Å². The summed E-state index contributed by atoms with van der Waals surface area (Å²) in [5, 5.41) is 0.848. The number of nitrogens with zero attached hydrogens (tertiary/aromatic N) is 2. The molecule has 0 amide bonds. The summed E-state index contributed by atoms with van der Waals surface area (Å²) in [6.07, 6.45) is 4.32. The number of allylic oxidation sites excluding steroid dienone is 1. The van der Waals surface area contributed by atoms with Crippen LogP contribution in [0.3, 0.4) is 0 Å². The Morgan fingerprint density at radius 3 is 2.78 bits per heavy atom. The monoisotopic (exact) mass is 258 g/mol. The highest BCUT2D eigenvalue weighted by Crippen LogP contribution is 2.22. The fraction of sp³-hybridized carbons (Fsp3) is 0.143. The van der Waals surface area contributed by atoms with Crippen molar-refractivity contribution in [3.63, 3.8) is 0 Å². The van der Waals surface area contributed by atoms with Crippen molar-refractivity contribution in [1.29, 1.82) is 0 Å². The Labute approximate surface area is 111 Å². The quantitative estimate of drug-likeness (QED) is 0.453. The Morgan fingerprint density at radius 1 is 1.33 bits per heavy atom. The maximum absolute atomic E-state index is 10.7. The van der Waals surface area contributed by atoms with Crippen LogP contribution in [-0.2, 0) is 12.3 Å². The zero-order chi connectivity index (χ0) is 12.8.